The monoisotopic (exact) mass is 307 g/mol. The molecule has 0 bridgehead atoms. The van der Waals surface area contributed by atoms with Crippen LogP contribution in [-0.4, -0.2) is 23.1 Å². The number of hydrogen-bond acceptors (Lipinski definition) is 3. The predicted molar refractivity (Wildman–Crippen MR) is 92.8 cm³/mol. The summed E-state index contributed by atoms with van der Waals surface area (Å²) in [5.41, 5.74) is 5.74. The van der Waals surface area contributed by atoms with E-state index in [4.69, 9.17) is 4.74 Å². The average Bonchev–Trinajstić information content (AvgIpc) is 2.85. The molecule has 2 N–H and O–H groups in total. The van der Waals surface area contributed by atoms with Gasteiger partial charge in [0.2, 0.25) is 0 Å². The molecule has 2 aromatic carbocycles. The summed E-state index contributed by atoms with van der Waals surface area (Å²) >= 11 is 0. The molecule has 0 radical (unpaired) electrons. The molecule has 0 saturated carbocycles. The number of ether oxygens (including phenoxy) is 1. The molecule has 1 aliphatic heterocycles. The molecular formula is C19H21N3O. The van der Waals surface area contributed by atoms with Crippen molar-refractivity contribution in [3.63, 3.8) is 0 Å². The molecule has 0 spiro atoms. The van der Waals surface area contributed by atoms with Gasteiger partial charge in [-0.05, 0) is 35.4 Å². The minimum atomic E-state index is 0.404. The number of H-pyrrole nitrogens is 1. The van der Waals surface area contributed by atoms with Gasteiger partial charge in [0.25, 0.3) is 0 Å². The molecule has 1 aromatic heterocycles. The fourth-order valence-electron chi connectivity index (χ4n) is 2.98. The van der Waals surface area contributed by atoms with Crippen LogP contribution < -0.4 is 10.1 Å². The van der Waals surface area contributed by atoms with Crippen LogP contribution >= 0.6 is 0 Å². The van der Waals surface area contributed by atoms with Crippen LogP contribution in [0.15, 0.2) is 36.4 Å². The number of rotatable bonds is 2. The third-order valence-corrected chi connectivity index (χ3v) is 4.29. The van der Waals surface area contributed by atoms with Crippen LogP contribution in [0.5, 0.6) is 5.75 Å². The van der Waals surface area contributed by atoms with E-state index >= 15 is 0 Å². The first-order valence-corrected chi connectivity index (χ1v) is 8.17. The highest BCUT2D eigenvalue weighted by atomic mass is 16.5. The van der Waals surface area contributed by atoms with Gasteiger partial charge in [0, 0.05) is 24.6 Å². The highest BCUT2D eigenvalue weighted by Crippen LogP contribution is 2.29. The smallest absolute Gasteiger partial charge is 0.123 e. The van der Waals surface area contributed by atoms with Crippen molar-refractivity contribution in [1.29, 1.82) is 0 Å². The second kappa shape index (κ2) is 5.70. The molecule has 0 saturated heterocycles. The Kier molecular flexibility index (Phi) is 3.54. The molecule has 0 aliphatic carbocycles. The second-order valence-corrected chi connectivity index (χ2v) is 6.36. The number of imidazole rings is 1. The summed E-state index contributed by atoms with van der Waals surface area (Å²) in [6, 6.07) is 12.8. The molecule has 0 atom stereocenters. The maximum absolute atomic E-state index is 5.76. The Morgan fingerprint density at radius 1 is 1.09 bits per heavy atom. The molecule has 1 aliphatic rings. The zero-order chi connectivity index (χ0) is 15.8. The van der Waals surface area contributed by atoms with E-state index in [1.165, 1.54) is 16.7 Å². The Morgan fingerprint density at radius 3 is 2.78 bits per heavy atom. The number of benzene rings is 2. The lowest BCUT2D eigenvalue weighted by atomic mass is 10.0. The van der Waals surface area contributed by atoms with E-state index in [0.717, 1.165) is 42.3 Å². The van der Waals surface area contributed by atoms with Crippen molar-refractivity contribution >= 4 is 11.0 Å². The Morgan fingerprint density at radius 2 is 1.91 bits per heavy atom. The lowest BCUT2D eigenvalue weighted by Gasteiger charge is -2.09. The van der Waals surface area contributed by atoms with Crippen molar-refractivity contribution in [2.45, 2.75) is 26.3 Å². The third kappa shape index (κ3) is 2.70. The van der Waals surface area contributed by atoms with Gasteiger partial charge in [0.15, 0.2) is 0 Å². The SMILES string of the molecule is CC(C)c1nc2ccc(-c3ccc4c(c3)CNCCO4)cc2[nH]1. The van der Waals surface area contributed by atoms with Crippen LogP contribution in [0.2, 0.25) is 0 Å². The van der Waals surface area contributed by atoms with Crippen molar-refractivity contribution in [2.24, 2.45) is 0 Å². The first-order valence-electron chi connectivity index (χ1n) is 8.17. The normalized spacial score (nSPS) is 14.6. The molecule has 23 heavy (non-hydrogen) atoms. The third-order valence-electron chi connectivity index (χ3n) is 4.29. The average molecular weight is 307 g/mol. The molecule has 118 valence electrons. The summed E-state index contributed by atoms with van der Waals surface area (Å²) in [4.78, 5) is 8.07. The summed E-state index contributed by atoms with van der Waals surface area (Å²) in [6.07, 6.45) is 0. The van der Waals surface area contributed by atoms with E-state index in [1.54, 1.807) is 0 Å². The summed E-state index contributed by atoms with van der Waals surface area (Å²) in [7, 11) is 0. The molecule has 4 nitrogen and oxygen atoms in total. The Labute approximate surface area is 135 Å². The van der Waals surface area contributed by atoms with E-state index < -0.39 is 0 Å². The number of nitrogens with one attached hydrogen (secondary N) is 2. The molecule has 0 amide bonds. The van der Waals surface area contributed by atoms with Crippen LogP contribution in [0.1, 0.15) is 31.2 Å². The quantitative estimate of drug-likeness (QED) is 0.756. The second-order valence-electron chi connectivity index (χ2n) is 6.36. The number of nitrogens with zero attached hydrogens (tertiary/aromatic N) is 1. The summed E-state index contributed by atoms with van der Waals surface area (Å²) in [6.45, 7) is 6.77. The fourth-order valence-corrected chi connectivity index (χ4v) is 2.98. The first-order chi connectivity index (χ1) is 11.2. The first kappa shape index (κ1) is 14.3. The minimum absolute atomic E-state index is 0.404. The molecule has 0 fully saturated rings. The van der Waals surface area contributed by atoms with Gasteiger partial charge in [0.05, 0.1) is 11.0 Å². The summed E-state index contributed by atoms with van der Waals surface area (Å²) < 4.78 is 5.76. The number of fused-ring (bicyclic) bond motifs is 2. The number of hydrogen-bond donors (Lipinski definition) is 2. The van der Waals surface area contributed by atoms with Gasteiger partial charge in [-0.15, -0.1) is 0 Å². The zero-order valence-corrected chi connectivity index (χ0v) is 13.5. The van der Waals surface area contributed by atoms with E-state index in [2.05, 4.69) is 65.5 Å². The Hall–Kier alpha value is -2.33. The van der Waals surface area contributed by atoms with Crippen molar-refractivity contribution in [2.75, 3.05) is 13.2 Å². The maximum Gasteiger partial charge on any atom is 0.123 e. The van der Waals surface area contributed by atoms with Crippen molar-refractivity contribution in [3.8, 4) is 16.9 Å². The van der Waals surface area contributed by atoms with Gasteiger partial charge in [-0.3, -0.25) is 0 Å². The zero-order valence-electron chi connectivity index (χ0n) is 13.5. The van der Waals surface area contributed by atoms with E-state index in [9.17, 15) is 0 Å². The fraction of sp³-hybridized carbons (Fsp3) is 0.316. The van der Waals surface area contributed by atoms with Crippen LogP contribution in [-0.2, 0) is 6.54 Å². The predicted octanol–water partition coefficient (Wildman–Crippen LogP) is 3.84. The topological polar surface area (TPSA) is 49.9 Å². The lowest BCUT2D eigenvalue weighted by Crippen LogP contribution is -2.16. The van der Waals surface area contributed by atoms with Crippen LogP contribution in [0, 0.1) is 0 Å². The molecule has 0 unspecified atom stereocenters. The molecule has 4 rings (SSSR count). The van der Waals surface area contributed by atoms with Gasteiger partial charge < -0.3 is 15.0 Å². The molecular weight excluding hydrogens is 286 g/mol. The summed E-state index contributed by atoms with van der Waals surface area (Å²) in [5, 5.41) is 3.39. The van der Waals surface area contributed by atoms with Gasteiger partial charge in [-0.1, -0.05) is 26.0 Å². The van der Waals surface area contributed by atoms with Crippen LogP contribution in [0.25, 0.3) is 22.2 Å². The van der Waals surface area contributed by atoms with Gasteiger partial charge in [-0.25, -0.2) is 4.98 Å². The van der Waals surface area contributed by atoms with Crippen LogP contribution in [0.4, 0.5) is 0 Å². The maximum atomic E-state index is 5.76. The highest BCUT2D eigenvalue weighted by Gasteiger charge is 2.11. The van der Waals surface area contributed by atoms with E-state index in [-0.39, 0.29) is 0 Å². The largest absolute Gasteiger partial charge is 0.492 e. The van der Waals surface area contributed by atoms with Crippen molar-refractivity contribution in [1.82, 2.24) is 15.3 Å². The van der Waals surface area contributed by atoms with Gasteiger partial charge in [-0.2, -0.15) is 0 Å². The van der Waals surface area contributed by atoms with E-state index in [1.807, 2.05) is 0 Å². The van der Waals surface area contributed by atoms with Crippen molar-refractivity contribution in [3.05, 3.63) is 47.8 Å². The van der Waals surface area contributed by atoms with Gasteiger partial charge in [0.1, 0.15) is 18.2 Å². The lowest BCUT2D eigenvalue weighted by molar-refractivity contribution is 0.326. The number of aromatic amines is 1. The van der Waals surface area contributed by atoms with Crippen molar-refractivity contribution < 1.29 is 4.74 Å². The standard InChI is InChI=1S/C19H21N3O/c1-12(2)19-21-16-5-3-14(10-17(16)22-19)13-4-6-18-15(9-13)11-20-7-8-23-18/h3-6,9-10,12,20H,7-8,11H2,1-2H3,(H,21,22). The molecule has 2 heterocycles. The Balaban J connectivity index is 1.75. The number of aromatic nitrogens is 2. The summed E-state index contributed by atoms with van der Waals surface area (Å²) in [5.74, 6) is 2.43. The molecule has 3 aromatic rings. The molecule has 4 heteroatoms. The highest BCUT2D eigenvalue weighted by molar-refractivity contribution is 5.82. The van der Waals surface area contributed by atoms with E-state index in [0.29, 0.717) is 5.92 Å². The van der Waals surface area contributed by atoms with Crippen LogP contribution in [0.3, 0.4) is 0 Å². The minimum Gasteiger partial charge on any atom is -0.492 e. The van der Waals surface area contributed by atoms with Gasteiger partial charge >= 0.3 is 0 Å². The Bertz CT molecular complexity index is 851.